The molecule has 0 N–H and O–H groups in total. The SMILES string of the molecule is C#CCn1c(=NC(=O)c2nc3ccccc3s2)sc2cc(OCC)ccc21. The minimum absolute atomic E-state index is 0.333. The van der Waals surface area contributed by atoms with Crippen LogP contribution in [0.25, 0.3) is 20.4 Å². The summed E-state index contributed by atoms with van der Waals surface area (Å²) in [6, 6.07) is 13.4. The normalized spacial score (nSPS) is 11.8. The number of nitrogens with zero attached hydrogens (tertiary/aromatic N) is 3. The van der Waals surface area contributed by atoms with E-state index < -0.39 is 0 Å². The average Bonchev–Trinajstić information content (AvgIpc) is 3.24. The van der Waals surface area contributed by atoms with E-state index in [9.17, 15) is 4.79 Å². The highest BCUT2D eigenvalue weighted by Gasteiger charge is 2.13. The number of carbonyl (C=O) groups excluding carboxylic acids is 1. The summed E-state index contributed by atoms with van der Waals surface area (Å²) in [4.78, 5) is 21.9. The molecule has 5 nitrogen and oxygen atoms in total. The van der Waals surface area contributed by atoms with Gasteiger partial charge in [0.1, 0.15) is 5.75 Å². The maximum Gasteiger partial charge on any atom is 0.308 e. The predicted octanol–water partition coefficient (Wildman–Crippen LogP) is 4.09. The number of amides is 1. The van der Waals surface area contributed by atoms with Gasteiger partial charge in [0.25, 0.3) is 0 Å². The lowest BCUT2D eigenvalue weighted by molar-refractivity contribution is 0.0997. The molecule has 2 heterocycles. The van der Waals surface area contributed by atoms with Crippen LogP contribution in [0, 0.1) is 12.3 Å². The van der Waals surface area contributed by atoms with Crippen LogP contribution in [0.15, 0.2) is 47.5 Å². The molecule has 4 aromatic rings. The van der Waals surface area contributed by atoms with Crippen molar-refractivity contribution in [2.75, 3.05) is 6.61 Å². The minimum Gasteiger partial charge on any atom is -0.494 e. The Morgan fingerprint density at radius 2 is 2.11 bits per heavy atom. The number of rotatable bonds is 4. The van der Waals surface area contributed by atoms with Gasteiger partial charge in [-0.1, -0.05) is 29.4 Å². The number of fused-ring (bicyclic) bond motifs is 2. The third-order valence-electron chi connectivity index (χ3n) is 3.89. The average molecular weight is 393 g/mol. The quantitative estimate of drug-likeness (QED) is 0.491. The van der Waals surface area contributed by atoms with E-state index >= 15 is 0 Å². The Kier molecular flexibility index (Phi) is 4.75. The summed E-state index contributed by atoms with van der Waals surface area (Å²) in [7, 11) is 0. The number of carbonyl (C=O) groups is 1. The molecule has 0 radical (unpaired) electrons. The molecule has 4 rings (SSSR count). The molecule has 0 saturated heterocycles. The topological polar surface area (TPSA) is 56.5 Å². The van der Waals surface area contributed by atoms with Gasteiger partial charge in [-0.05, 0) is 37.3 Å². The fraction of sp³-hybridized carbons (Fsp3) is 0.150. The molecule has 0 fully saturated rings. The molecule has 0 unspecified atom stereocenters. The van der Waals surface area contributed by atoms with Gasteiger partial charge in [-0.25, -0.2) is 4.98 Å². The molecule has 1 amide bonds. The Hall–Kier alpha value is -2.95. The molecule has 0 spiro atoms. The molecule has 0 aliphatic heterocycles. The van der Waals surface area contributed by atoms with Crippen molar-refractivity contribution in [3.05, 3.63) is 52.3 Å². The Labute approximate surface area is 163 Å². The van der Waals surface area contributed by atoms with E-state index in [4.69, 9.17) is 11.2 Å². The Balaban J connectivity index is 1.81. The summed E-state index contributed by atoms with van der Waals surface area (Å²) < 4.78 is 9.35. The van der Waals surface area contributed by atoms with Crippen LogP contribution in [0.4, 0.5) is 0 Å². The van der Waals surface area contributed by atoms with Crippen LogP contribution in [-0.2, 0) is 6.54 Å². The van der Waals surface area contributed by atoms with Crippen molar-refractivity contribution >= 4 is 49.0 Å². The van der Waals surface area contributed by atoms with Gasteiger partial charge in [0.15, 0.2) is 9.81 Å². The van der Waals surface area contributed by atoms with Gasteiger partial charge in [-0.3, -0.25) is 4.79 Å². The van der Waals surface area contributed by atoms with Crippen molar-refractivity contribution in [3.8, 4) is 18.1 Å². The zero-order valence-corrected chi connectivity index (χ0v) is 16.1. The Morgan fingerprint density at radius 1 is 1.26 bits per heavy atom. The van der Waals surface area contributed by atoms with E-state index in [0.717, 1.165) is 26.2 Å². The highest BCUT2D eigenvalue weighted by Crippen LogP contribution is 2.24. The first kappa shape index (κ1) is 17.5. The largest absolute Gasteiger partial charge is 0.494 e. The number of benzene rings is 2. The number of aromatic nitrogens is 2. The van der Waals surface area contributed by atoms with Crippen LogP contribution in [0.5, 0.6) is 5.75 Å². The smallest absolute Gasteiger partial charge is 0.308 e. The summed E-state index contributed by atoms with van der Waals surface area (Å²) in [5.74, 6) is 3.05. The summed E-state index contributed by atoms with van der Waals surface area (Å²) in [5.41, 5.74) is 1.73. The summed E-state index contributed by atoms with van der Waals surface area (Å²) in [6.45, 7) is 2.86. The second kappa shape index (κ2) is 7.35. The fourth-order valence-electron chi connectivity index (χ4n) is 2.74. The monoisotopic (exact) mass is 393 g/mol. The molecule has 134 valence electrons. The first-order valence-electron chi connectivity index (χ1n) is 8.34. The first-order valence-corrected chi connectivity index (χ1v) is 9.97. The van der Waals surface area contributed by atoms with Gasteiger partial charge in [0.05, 0.1) is 33.6 Å². The number of thiazole rings is 2. The van der Waals surface area contributed by atoms with Crippen molar-refractivity contribution in [1.29, 1.82) is 0 Å². The van der Waals surface area contributed by atoms with Gasteiger partial charge >= 0.3 is 5.91 Å². The van der Waals surface area contributed by atoms with Crippen LogP contribution in [0.3, 0.4) is 0 Å². The van der Waals surface area contributed by atoms with Crippen molar-refractivity contribution in [2.45, 2.75) is 13.5 Å². The summed E-state index contributed by atoms with van der Waals surface area (Å²) in [6.07, 6.45) is 5.52. The molecule has 0 bridgehead atoms. The van der Waals surface area contributed by atoms with E-state index in [1.807, 2.05) is 54.0 Å². The lowest BCUT2D eigenvalue weighted by atomic mass is 10.3. The van der Waals surface area contributed by atoms with Crippen molar-refractivity contribution in [3.63, 3.8) is 0 Å². The van der Waals surface area contributed by atoms with Crippen molar-refractivity contribution < 1.29 is 9.53 Å². The second-order valence-corrected chi connectivity index (χ2v) is 7.68. The molecule has 2 aromatic carbocycles. The zero-order valence-electron chi connectivity index (χ0n) is 14.5. The van der Waals surface area contributed by atoms with Crippen LogP contribution in [-0.4, -0.2) is 22.1 Å². The Morgan fingerprint density at radius 3 is 2.89 bits per heavy atom. The third kappa shape index (κ3) is 3.37. The highest BCUT2D eigenvalue weighted by molar-refractivity contribution is 7.20. The third-order valence-corrected chi connectivity index (χ3v) is 5.95. The molecule has 7 heteroatoms. The molecule has 0 aliphatic carbocycles. The molecule has 27 heavy (non-hydrogen) atoms. The van der Waals surface area contributed by atoms with Gasteiger partial charge in [0, 0.05) is 0 Å². The second-order valence-electron chi connectivity index (χ2n) is 5.64. The number of hydrogen-bond acceptors (Lipinski definition) is 5. The molecular formula is C20H15N3O2S2. The number of terminal acetylenes is 1. The summed E-state index contributed by atoms with van der Waals surface area (Å²) >= 11 is 2.75. The fourth-order valence-corrected chi connectivity index (χ4v) is 4.64. The van der Waals surface area contributed by atoms with Crippen LogP contribution < -0.4 is 9.54 Å². The van der Waals surface area contributed by atoms with Gasteiger partial charge in [-0.15, -0.1) is 17.8 Å². The predicted molar refractivity (Wildman–Crippen MR) is 109 cm³/mol. The molecule has 0 aliphatic rings. The Bertz CT molecular complexity index is 1220. The van der Waals surface area contributed by atoms with Gasteiger partial charge in [-0.2, -0.15) is 4.99 Å². The number of para-hydroxylation sites is 1. The van der Waals surface area contributed by atoms with E-state index in [0.29, 0.717) is 23.0 Å². The van der Waals surface area contributed by atoms with E-state index in [-0.39, 0.29) is 5.91 Å². The van der Waals surface area contributed by atoms with E-state index in [1.165, 1.54) is 22.7 Å². The summed E-state index contributed by atoms with van der Waals surface area (Å²) in [5, 5.41) is 0.371. The van der Waals surface area contributed by atoms with Crippen LogP contribution in [0.2, 0.25) is 0 Å². The maximum absolute atomic E-state index is 12.7. The number of ether oxygens (including phenoxy) is 1. The van der Waals surface area contributed by atoms with Crippen LogP contribution in [0.1, 0.15) is 16.7 Å². The van der Waals surface area contributed by atoms with Crippen molar-refractivity contribution in [2.24, 2.45) is 4.99 Å². The van der Waals surface area contributed by atoms with Crippen LogP contribution >= 0.6 is 22.7 Å². The van der Waals surface area contributed by atoms with E-state index in [2.05, 4.69) is 15.9 Å². The first-order chi connectivity index (χ1) is 13.2. The minimum atomic E-state index is -0.362. The lowest BCUT2D eigenvalue weighted by Crippen LogP contribution is -2.16. The number of hydrogen-bond donors (Lipinski definition) is 0. The van der Waals surface area contributed by atoms with Gasteiger partial charge in [0.2, 0.25) is 0 Å². The van der Waals surface area contributed by atoms with E-state index in [1.54, 1.807) is 0 Å². The zero-order chi connectivity index (χ0) is 18.8. The van der Waals surface area contributed by atoms with Crippen molar-refractivity contribution in [1.82, 2.24) is 9.55 Å². The maximum atomic E-state index is 12.7. The lowest BCUT2D eigenvalue weighted by Gasteiger charge is -2.03. The molecule has 2 aromatic heterocycles. The highest BCUT2D eigenvalue weighted by atomic mass is 32.1. The molecular weight excluding hydrogens is 378 g/mol. The van der Waals surface area contributed by atoms with Gasteiger partial charge < -0.3 is 9.30 Å². The molecule has 0 saturated carbocycles. The molecule has 0 atom stereocenters. The standard InChI is InChI=1S/C20H15N3O2S2/c1-3-11-23-15-10-9-13(25-4-2)12-17(15)27-20(23)22-18(24)19-21-14-7-5-6-8-16(14)26-19/h1,5-10,12H,4,11H2,2H3.